The molecule has 19 heavy (non-hydrogen) atoms. The van der Waals surface area contributed by atoms with Gasteiger partial charge in [-0.05, 0) is 23.8 Å². The molecule has 1 aromatic heterocycles. The van der Waals surface area contributed by atoms with Gasteiger partial charge >= 0.3 is 5.97 Å². The topological polar surface area (TPSA) is 84.5 Å². The number of carbonyl (C=O) groups is 3. The van der Waals surface area contributed by atoms with E-state index in [1.54, 1.807) is 17.5 Å². The number of hydrazine groups is 1. The molecule has 0 saturated heterocycles. The Balaban J connectivity index is 1.64. The summed E-state index contributed by atoms with van der Waals surface area (Å²) < 4.78 is 4.82. The molecule has 0 bridgehead atoms. The van der Waals surface area contributed by atoms with Gasteiger partial charge in [-0.2, -0.15) is 0 Å². The van der Waals surface area contributed by atoms with Crippen LogP contribution in [0.4, 0.5) is 0 Å². The summed E-state index contributed by atoms with van der Waals surface area (Å²) in [7, 11) is 0. The van der Waals surface area contributed by atoms with Gasteiger partial charge in [0.05, 0.1) is 10.8 Å². The van der Waals surface area contributed by atoms with Crippen molar-refractivity contribution in [3.8, 4) is 0 Å². The van der Waals surface area contributed by atoms with E-state index < -0.39 is 11.8 Å². The number of hydrogen-bond acceptors (Lipinski definition) is 5. The molecule has 102 valence electrons. The summed E-state index contributed by atoms with van der Waals surface area (Å²) in [5.74, 6) is -1.05. The molecule has 0 spiro atoms. The first-order chi connectivity index (χ1) is 9.08. The van der Waals surface area contributed by atoms with E-state index >= 15 is 0 Å². The van der Waals surface area contributed by atoms with Crippen LogP contribution >= 0.6 is 11.3 Å². The first-order valence-electron chi connectivity index (χ1n) is 5.87. The van der Waals surface area contributed by atoms with E-state index in [0.717, 1.165) is 6.42 Å². The van der Waals surface area contributed by atoms with Crippen LogP contribution in [0.1, 0.15) is 23.0 Å². The van der Waals surface area contributed by atoms with Gasteiger partial charge in [-0.3, -0.25) is 25.2 Å². The fourth-order valence-corrected chi connectivity index (χ4v) is 2.15. The molecule has 0 aliphatic heterocycles. The normalized spacial score (nSPS) is 20.5. The minimum absolute atomic E-state index is 0.0755. The smallest absolute Gasteiger partial charge is 0.309 e. The molecule has 1 fully saturated rings. The molecule has 7 heteroatoms. The molecule has 1 saturated carbocycles. The molecular formula is C12H14N2O4S. The summed E-state index contributed by atoms with van der Waals surface area (Å²) in [5, 5.41) is 1.76. The van der Waals surface area contributed by atoms with Crippen LogP contribution in [0, 0.1) is 11.8 Å². The van der Waals surface area contributed by atoms with E-state index in [-0.39, 0.29) is 18.5 Å². The lowest BCUT2D eigenvalue weighted by Crippen LogP contribution is -2.43. The number of nitrogens with one attached hydrogen (secondary N) is 2. The number of hydrogen-bond donors (Lipinski definition) is 2. The zero-order chi connectivity index (χ0) is 13.8. The van der Waals surface area contributed by atoms with E-state index in [9.17, 15) is 14.4 Å². The Morgan fingerprint density at radius 2 is 2.16 bits per heavy atom. The van der Waals surface area contributed by atoms with Gasteiger partial charge in [0.15, 0.2) is 6.61 Å². The molecule has 0 radical (unpaired) electrons. The van der Waals surface area contributed by atoms with Crippen molar-refractivity contribution in [2.24, 2.45) is 11.8 Å². The lowest BCUT2D eigenvalue weighted by Gasteiger charge is -2.07. The zero-order valence-corrected chi connectivity index (χ0v) is 11.2. The van der Waals surface area contributed by atoms with Gasteiger partial charge in [0.25, 0.3) is 11.8 Å². The van der Waals surface area contributed by atoms with E-state index in [1.165, 1.54) is 11.3 Å². The lowest BCUT2D eigenvalue weighted by atomic mass is 10.3. The maximum absolute atomic E-state index is 11.5. The van der Waals surface area contributed by atoms with Gasteiger partial charge in [0.1, 0.15) is 0 Å². The monoisotopic (exact) mass is 282 g/mol. The van der Waals surface area contributed by atoms with Crippen molar-refractivity contribution in [1.82, 2.24) is 10.9 Å². The highest BCUT2D eigenvalue weighted by atomic mass is 32.1. The van der Waals surface area contributed by atoms with Crippen molar-refractivity contribution in [3.05, 3.63) is 22.4 Å². The standard InChI is InChI=1S/C12H14N2O4S/c1-7-5-8(7)12(17)18-6-10(15)13-14-11(16)9-3-2-4-19-9/h2-4,7-8H,5-6H2,1H3,(H,13,15)(H,14,16)/t7-,8-/m0/s1. The van der Waals surface area contributed by atoms with Crippen LogP contribution in [-0.2, 0) is 14.3 Å². The number of ether oxygens (including phenoxy) is 1. The maximum atomic E-state index is 11.5. The maximum Gasteiger partial charge on any atom is 0.309 e. The minimum atomic E-state index is -0.563. The van der Waals surface area contributed by atoms with Crippen molar-refractivity contribution in [3.63, 3.8) is 0 Å². The van der Waals surface area contributed by atoms with Crippen molar-refractivity contribution >= 4 is 29.1 Å². The molecule has 1 aliphatic carbocycles. The summed E-state index contributed by atoms with van der Waals surface area (Å²) in [4.78, 5) is 34.7. The SMILES string of the molecule is C[C@H]1C[C@@H]1C(=O)OCC(=O)NNC(=O)c1cccs1. The highest BCUT2D eigenvalue weighted by molar-refractivity contribution is 7.12. The molecule has 1 aromatic rings. The molecule has 0 unspecified atom stereocenters. The summed E-state index contributed by atoms with van der Waals surface area (Å²) in [5.41, 5.74) is 4.43. The van der Waals surface area contributed by atoms with Crippen LogP contribution in [-0.4, -0.2) is 24.4 Å². The van der Waals surface area contributed by atoms with Crippen LogP contribution in [0.3, 0.4) is 0 Å². The van der Waals surface area contributed by atoms with E-state index in [1.807, 2.05) is 6.92 Å². The first-order valence-corrected chi connectivity index (χ1v) is 6.75. The van der Waals surface area contributed by atoms with Crippen LogP contribution < -0.4 is 10.9 Å². The number of carbonyl (C=O) groups excluding carboxylic acids is 3. The van der Waals surface area contributed by atoms with Gasteiger partial charge in [0, 0.05) is 0 Å². The number of esters is 1. The van der Waals surface area contributed by atoms with E-state index in [4.69, 9.17) is 4.74 Å². The van der Waals surface area contributed by atoms with Gasteiger partial charge in [-0.15, -0.1) is 11.3 Å². The highest BCUT2D eigenvalue weighted by Crippen LogP contribution is 2.38. The Kier molecular flexibility index (Phi) is 4.16. The summed E-state index contributed by atoms with van der Waals surface area (Å²) in [6.07, 6.45) is 0.815. The third kappa shape index (κ3) is 3.78. The minimum Gasteiger partial charge on any atom is -0.455 e. The number of amides is 2. The van der Waals surface area contributed by atoms with Crippen LogP contribution in [0.25, 0.3) is 0 Å². The second-order valence-electron chi connectivity index (χ2n) is 4.41. The van der Waals surface area contributed by atoms with Gasteiger partial charge < -0.3 is 4.74 Å². The van der Waals surface area contributed by atoms with Gasteiger partial charge in [-0.1, -0.05) is 13.0 Å². The third-order valence-corrected chi connectivity index (χ3v) is 3.69. The van der Waals surface area contributed by atoms with Crippen molar-refractivity contribution in [2.45, 2.75) is 13.3 Å². The van der Waals surface area contributed by atoms with Crippen molar-refractivity contribution in [2.75, 3.05) is 6.61 Å². The van der Waals surface area contributed by atoms with Gasteiger partial charge in [-0.25, -0.2) is 0 Å². The molecule has 2 N–H and O–H groups in total. The second-order valence-corrected chi connectivity index (χ2v) is 5.35. The molecule has 1 heterocycles. The van der Waals surface area contributed by atoms with Crippen LogP contribution in [0.15, 0.2) is 17.5 Å². The first kappa shape index (κ1) is 13.5. The summed E-state index contributed by atoms with van der Waals surface area (Å²) >= 11 is 1.26. The van der Waals surface area contributed by atoms with Crippen molar-refractivity contribution in [1.29, 1.82) is 0 Å². The molecule has 2 rings (SSSR count). The molecule has 2 atom stereocenters. The molecule has 2 amide bonds. The fraction of sp³-hybridized carbons (Fsp3) is 0.417. The molecular weight excluding hydrogens is 268 g/mol. The predicted octanol–water partition coefficient (Wildman–Crippen LogP) is 0.708. The average molecular weight is 282 g/mol. The van der Waals surface area contributed by atoms with Gasteiger partial charge in [0.2, 0.25) is 0 Å². The highest BCUT2D eigenvalue weighted by Gasteiger charge is 2.40. The fourth-order valence-electron chi connectivity index (χ4n) is 1.53. The Morgan fingerprint density at radius 3 is 2.74 bits per heavy atom. The Hall–Kier alpha value is -1.89. The molecule has 0 aromatic carbocycles. The molecule has 6 nitrogen and oxygen atoms in total. The van der Waals surface area contributed by atoms with Crippen molar-refractivity contribution < 1.29 is 19.1 Å². The lowest BCUT2D eigenvalue weighted by molar-refractivity contribution is -0.150. The second kappa shape index (κ2) is 5.83. The van der Waals surface area contributed by atoms with E-state index in [0.29, 0.717) is 10.8 Å². The quantitative estimate of drug-likeness (QED) is 0.629. The summed E-state index contributed by atoms with van der Waals surface area (Å²) in [6.45, 7) is 1.57. The number of thiophene rings is 1. The summed E-state index contributed by atoms with van der Waals surface area (Å²) in [6, 6.07) is 3.38. The van der Waals surface area contributed by atoms with Crippen LogP contribution in [0.2, 0.25) is 0 Å². The third-order valence-electron chi connectivity index (χ3n) is 2.82. The van der Waals surface area contributed by atoms with Crippen LogP contribution in [0.5, 0.6) is 0 Å². The Labute approximate surface area is 114 Å². The number of rotatable bonds is 4. The Bertz CT molecular complexity index is 486. The average Bonchev–Trinajstić information content (AvgIpc) is 2.92. The predicted molar refractivity (Wildman–Crippen MR) is 68.2 cm³/mol. The molecule has 1 aliphatic rings. The van der Waals surface area contributed by atoms with E-state index in [2.05, 4.69) is 10.9 Å². The largest absolute Gasteiger partial charge is 0.455 e. The Morgan fingerprint density at radius 1 is 1.42 bits per heavy atom. The zero-order valence-electron chi connectivity index (χ0n) is 10.3.